The van der Waals surface area contributed by atoms with Crippen LogP contribution in [0.4, 0.5) is 5.82 Å². The highest BCUT2D eigenvalue weighted by atomic mass is 15.2. The highest BCUT2D eigenvalue weighted by Gasteiger charge is 2.30. The van der Waals surface area contributed by atoms with E-state index in [-0.39, 0.29) is 0 Å². The number of rotatable bonds is 3. The van der Waals surface area contributed by atoms with Crippen molar-refractivity contribution in [1.82, 2.24) is 9.55 Å². The molecule has 102 valence electrons. The highest BCUT2D eigenvalue weighted by molar-refractivity contribution is 5.72. The molecule has 1 fully saturated rings. The van der Waals surface area contributed by atoms with Gasteiger partial charge in [0.25, 0.3) is 0 Å². The van der Waals surface area contributed by atoms with Crippen LogP contribution in [0.15, 0.2) is 24.3 Å². The molecular weight excluding hydrogens is 248 g/mol. The van der Waals surface area contributed by atoms with Crippen molar-refractivity contribution in [3.05, 3.63) is 35.7 Å². The molecule has 1 saturated carbocycles. The van der Waals surface area contributed by atoms with Crippen molar-refractivity contribution in [3.63, 3.8) is 0 Å². The summed E-state index contributed by atoms with van der Waals surface area (Å²) in [5.74, 6) is 2.11. The lowest BCUT2D eigenvalue weighted by Crippen LogP contribution is -2.06. The smallest absolute Gasteiger partial charge is 0.132 e. The normalized spacial score (nSPS) is 14.5. The summed E-state index contributed by atoms with van der Waals surface area (Å²) in [6, 6.07) is 10.1. The molecule has 1 aromatic heterocycles. The van der Waals surface area contributed by atoms with Gasteiger partial charge in [0.05, 0.1) is 11.6 Å². The van der Waals surface area contributed by atoms with Gasteiger partial charge in [-0.1, -0.05) is 26.0 Å². The fraction of sp³-hybridized carbons (Fsp3) is 0.375. The molecule has 0 saturated heterocycles. The van der Waals surface area contributed by atoms with Crippen molar-refractivity contribution >= 4 is 5.82 Å². The summed E-state index contributed by atoms with van der Waals surface area (Å²) in [5, 5.41) is 9.02. The van der Waals surface area contributed by atoms with E-state index >= 15 is 0 Å². The van der Waals surface area contributed by atoms with Crippen molar-refractivity contribution in [2.75, 3.05) is 5.73 Å². The van der Waals surface area contributed by atoms with Crippen molar-refractivity contribution in [3.8, 4) is 17.3 Å². The average Bonchev–Trinajstić information content (AvgIpc) is 3.22. The first-order valence-electron chi connectivity index (χ1n) is 7.00. The van der Waals surface area contributed by atoms with Gasteiger partial charge in [-0.25, -0.2) is 4.98 Å². The van der Waals surface area contributed by atoms with Gasteiger partial charge in [0.1, 0.15) is 17.3 Å². The lowest BCUT2D eigenvalue weighted by molar-refractivity contribution is 0.646. The predicted octanol–water partition coefficient (Wildman–Crippen LogP) is 3.46. The first-order chi connectivity index (χ1) is 9.61. The van der Waals surface area contributed by atoms with Gasteiger partial charge >= 0.3 is 0 Å². The van der Waals surface area contributed by atoms with Gasteiger partial charge in [-0.15, -0.1) is 0 Å². The molecular formula is C16H18N4. The topological polar surface area (TPSA) is 67.6 Å². The molecule has 20 heavy (non-hydrogen) atoms. The SMILES string of the molecule is CC(C)c1nc(-c2cccc(C#N)c2)c(N)n1C1CC1. The second-order valence-electron chi connectivity index (χ2n) is 5.65. The summed E-state index contributed by atoms with van der Waals surface area (Å²) in [7, 11) is 0. The summed E-state index contributed by atoms with van der Waals surface area (Å²) >= 11 is 0. The minimum Gasteiger partial charge on any atom is -0.383 e. The molecule has 2 N–H and O–H groups in total. The molecule has 1 heterocycles. The van der Waals surface area contributed by atoms with Crippen LogP contribution in [0.3, 0.4) is 0 Å². The van der Waals surface area contributed by atoms with Crippen LogP contribution in [0.2, 0.25) is 0 Å². The molecule has 1 aliphatic rings. The molecule has 0 unspecified atom stereocenters. The lowest BCUT2D eigenvalue weighted by atomic mass is 10.1. The van der Waals surface area contributed by atoms with E-state index < -0.39 is 0 Å². The number of anilines is 1. The van der Waals surface area contributed by atoms with Crippen LogP contribution in [0, 0.1) is 11.3 Å². The van der Waals surface area contributed by atoms with E-state index in [1.807, 2.05) is 18.2 Å². The van der Waals surface area contributed by atoms with Crippen molar-refractivity contribution in [1.29, 1.82) is 5.26 Å². The number of hydrogen-bond acceptors (Lipinski definition) is 3. The van der Waals surface area contributed by atoms with E-state index in [0.29, 0.717) is 17.5 Å². The maximum absolute atomic E-state index is 9.02. The lowest BCUT2D eigenvalue weighted by Gasteiger charge is -2.10. The van der Waals surface area contributed by atoms with E-state index in [1.54, 1.807) is 6.07 Å². The van der Waals surface area contributed by atoms with E-state index in [9.17, 15) is 0 Å². The molecule has 1 aromatic carbocycles. The summed E-state index contributed by atoms with van der Waals surface area (Å²) in [4.78, 5) is 4.74. The molecule has 2 aromatic rings. The Morgan fingerprint density at radius 1 is 1.40 bits per heavy atom. The number of benzene rings is 1. The van der Waals surface area contributed by atoms with Crippen molar-refractivity contribution < 1.29 is 0 Å². The summed E-state index contributed by atoms with van der Waals surface area (Å²) in [6.07, 6.45) is 2.36. The van der Waals surface area contributed by atoms with E-state index in [4.69, 9.17) is 16.0 Å². The molecule has 0 aliphatic heterocycles. The Balaban J connectivity index is 2.14. The minimum absolute atomic E-state index is 0.339. The number of nitrogens with zero attached hydrogens (tertiary/aromatic N) is 3. The highest BCUT2D eigenvalue weighted by Crippen LogP contribution is 2.42. The van der Waals surface area contributed by atoms with Gasteiger partial charge in [0.2, 0.25) is 0 Å². The number of hydrogen-bond donors (Lipinski definition) is 1. The maximum Gasteiger partial charge on any atom is 0.132 e. The third-order valence-corrected chi connectivity index (χ3v) is 3.67. The Hall–Kier alpha value is -2.28. The number of nitrogens with two attached hydrogens (primary N) is 1. The van der Waals surface area contributed by atoms with Crippen molar-refractivity contribution in [2.45, 2.75) is 38.6 Å². The molecule has 0 radical (unpaired) electrons. The number of aromatic nitrogens is 2. The Bertz CT molecular complexity index is 687. The minimum atomic E-state index is 0.339. The molecule has 0 atom stereocenters. The number of nitriles is 1. The van der Waals surface area contributed by atoms with Crippen LogP contribution in [0.25, 0.3) is 11.3 Å². The first-order valence-corrected chi connectivity index (χ1v) is 7.00. The van der Waals surface area contributed by atoms with Gasteiger partial charge < -0.3 is 10.3 Å². The molecule has 3 rings (SSSR count). The van der Waals surface area contributed by atoms with Crippen LogP contribution in [0.1, 0.15) is 50.0 Å². The molecule has 1 aliphatic carbocycles. The van der Waals surface area contributed by atoms with E-state index in [0.717, 1.165) is 22.9 Å². The second-order valence-corrected chi connectivity index (χ2v) is 5.65. The summed E-state index contributed by atoms with van der Waals surface area (Å²) in [6.45, 7) is 4.27. The number of imidazole rings is 1. The third kappa shape index (κ3) is 2.05. The Kier molecular flexibility index (Phi) is 2.98. The van der Waals surface area contributed by atoms with E-state index in [2.05, 4.69) is 24.5 Å². The quantitative estimate of drug-likeness (QED) is 0.925. The van der Waals surface area contributed by atoms with Gasteiger partial charge in [0.15, 0.2) is 0 Å². The second kappa shape index (κ2) is 4.68. The van der Waals surface area contributed by atoms with Crippen molar-refractivity contribution in [2.24, 2.45) is 0 Å². The summed E-state index contributed by atoms with van der Waals surface area (Å²) < 4.78 is 2.18. The van der Waals surface area contributed by atoms with Crippen LogP contribution in [-0.2, 0) is 0 Å². The Morgan fingerprint density at radius 2 is 2.15 bits per heavy atom. The first kappa shape index (κ1) is 12.7. The third-order valence-electron chi connectivity index (χ3n) is 3.67. The largest absolute Gasteiger partial charge is 0.383 e. The molecule has 0 amide bonds. The zero-order valence-corrected chi connectivity index (χ0v) is 11.8. The van der Waals surface area contributed by atoms with Gasteiger partial charge in [-0.2, -0.15) is 5.26 Å². The summed E-state index contributed by atoms with van der Waals surface area (Å²) in [5.41, 5.74) is 8.68. The molecule has 4 heteroatoms. The zero-order chi connectivity index (χ0) is 14.3. The van der Waals surface area contributed by atoms with Gasteiger partial charge in [-0.05, 0) is 25.0 Å². The predicted molar refractivity (Wildman–Crippen MR) is 79.2 cm³/mol. The monoisotopic (exact) mass is 266 g/mol. The Labute approximate surface area is 118 Å². The fourth-order valence-corrected chi connectivity index (χ4v) is 2.54. The standard InChI is InChI=1S/C16H18N4/c1-10(2)16-19-14(15(18)20(16)13-6-7-13)12-5-3-4-11(8-12)9-17/h3-5,8,10,13H,6-7,18H2,1-2H3. The fourth-order valence-electron chi connectivity index (χ4n) is 2.54. The van der Waals surface area contributed by atoms with Crippen LogP contribution in [-0.4, -0.2) is 9.55 Å². The zero-order valence-electron chi connectivity index (χ0n) is 11.8. The molecule has 0 bridgehead atoms. The van der Waals surface area contributed by atoms with Crippen LogP contribution >= 0.6 is 0 Å². The molecule has 0 spiro atoms. The average molecular weight is 266 g/mol. The van der Waals surface area contributed by atoms with E-state index in [1.165, 1.54) is 12.8 Å². The maximum atomic E-state index is 9.02. The number of nitrogen functional groups attached to an aromatic ring is 1. The van der Waals surface area contributed by atoms with Gasteiger partial charge in [-0.3, -0.25) is 0 Å². The molecule has 4 nitrogen and oxygen atoms in total. The van der Waals surface area contributed by atoms with Gasteiger partial charge in [0, 0.05) is 17.5 Å². The van der Waals surface area contributed by atoms with Crippen LogP contribution < -0.4 is 5.73 Å². The van der Waals surface area contributed by atoms with Crippen LogP contribution in [0.5, 0.6) is 0 Å². The Morgan fingerprint density at radius 3 is 2.75 bits per heavy atom.